The first-order valence-corrected chi connectivity index (χ1v) is 5.62. The van der Waals surface area contributed by atoms with E-state index in [9.17, 15) is 4.79 Å². The van der Waals surface area contributed by atoms with E-state index in [1.807, 2.05) is 0 Å². The monoisotopic (exact) mass is 219 g/mol. The van der Waals surface area contributed by atoms with Gasteiger partial charge in [-0.2, -0.15) is 0 Å². The number of benzene rings is 1. The molecular weight excluding hydrogens is 202 g/mol. The first-order valence-electron chi connectivity index (χ1n) is 5.62. The third-order valence-electron chi connectivity index (χ3n) is 3.32. The van der Waals surface area contributed by atoms with Gasteiger partial charge in [0.2, 0.25) is 0 Å². The number of hydrogen-bond acceptors (Lipinski definition) is 2. The average molecular weight is 219 g/mol. The maximum Gasteiger partial charge on any atom is 0.303 e. The van der Waals surface area contributed by atoms with Crippen LogP contribution in [0.1, 0.15) is 29.9 Å². The van der Waals surface area contributed by atoms with Crippen molar-refractivity contribution < 1.29 is 9.90 Å². The number of rotatable bonds is 3. The number of carboxylic acid groups (broad SMARTS) is 1. The summed E-state index contributed by atoms with van der Waals surface area (Å²) in [5.41, 5.74) is 3.87. The molecule has 0 radical (unpaired) electrons. The zero-order valence-electron chi connectivity index (χ0n) is 9.73. The molecule has 86 valence electrons. The van der Waals surface area contributed by atoms with E-state index in [1.165, 1.54) is 16.8 Å². The summed E-state index contributed by atoms with van der Waals surface area (Å²) in [7, 11) is 2.07. The number of aliphatic carboxylic acids is 1. The van der Waals surface area contributed by atoms with Crippen molar-refractivity contribution in [3.05, 3.63) is 29.3 Å². The van der Waals surface area contributed by atoms with E-state index in [4.69, 9.17) is 5.11 Å². The van der Waals surface area contributed by atoms with Crippen molar-refractivity contribution in [2.24, 2.45) is 0 Å². The molecule has 0 saturated carbocycles. The van der Waals surface area contributed by atoms with Gasteiger partial charge in [0, 0.05) is 31.6 Å². The van der Waals surface area contributed by atoms with Crippen molar-refractivity contribution in [2.45, 2.75) is 25.7 Å². The van der Waals surface area contributed by atoms with E-state index in [2.05, 4.69) is 37.1 Å². The SMILES string of the molecule is Cc1cccc2c1C(CCC(=O)O)CN2C. The summed E-state index contributed by atoms with van der Waals surface area (Å²) >= 11 is 0. The Labute approximate surface area is 95.7 Å². The number of fused-ring (bicyclic) bond motifs is 1. The summed E-state index contributed by atoms with van der Waals surface area (Å²) < 4.78 is 0. The van der Waals surface area contributed by atoms with Gasteiger partial charge in [-0.05, 0) is 30.5 Å². The van der Waals surface area contributed by atoms with E-state index in [1.54, 1.807) is 0 Å². The highest BCUT2D eigenvalue weighted by Crippen LogP contribution is 2.39. The van der Waals surface area contributed by atoms with E-state index in [-0.39, 0.29) is 6.42 Å². The minimum absolute atomic E-state index is 0.256. The Bertz CT molecular complexity index is 414. The van der Waals surface area contributed by atoms with Crippen molar-refractivity contribution >= 4 is 11.7 Å². The molecule has 3 heteroatoms. The molecule has 1 heterocycles. The summed E-state index contributed by atoms with van der Waals surface area (Å²) in [5, 5.41) is 8.74. The van der Waals surface area contributed by atoms with Gasteiger partial charge in [-0.3, -0.25) is 4.79 Å². The second kappa shape index (κ2) is 4.16. The highest BCUT2D eigenvalue weighted by molar-refractivity contribution is 5.68. The summed E-state index contributed by atoms with van der Waals surface area (Å²) in [6.45, 7) is 3.04. The first-order chi connectivity index (χ1) is 7.59. The molecule has 3 nitrogen and oxygen atoms in total. The molecule has 1 N–H and O–H groups in total. The third-order valence-corrected chi connectivity index (χ3v) is 3.32. The third kappa shape index (κ3) is 1.90. The molecule has 1 aromatic rings. The molecule has 0 saturated heterocycles. The zero-order valence-corrected chi connectivity index (χ0v) is 9.73. The molecule has 1 atom stereocenters. The van der Waals surface area contributed by atoms with Gasteiger partial charge in [-0.15, -0.1) is 0 Å². The Morgan fingerprint density at radius 2 is 2.31 bits per heavy atom. The van der Waals surface area contributed by atoms with Crippen molar-refractivity contribution in [1.29, 1.82) is 0 Å². The van der Waals surface area contributed by atoms with Gasteiger partial charge in [-0.1, -0.05) is 12.1 Å². The fourth-order valence-electron chi connectivity index (χ4n) is 2.58. The first kappa shape index (κ1) is 11.0. The normalized spacial score (nSPS) is 18.6. The highest BCUT2D eigenvalue weighted by atomic mass is 16.4. The molecule has 0 aliphatic carbocycles. The van der Waals surface area contributed by atoms with E-state index >= 15 is 0 Å². The number of aryl methyl sites for hydroxylation is 1. The predicted molar refractivity (Wildman–Crippen MR) is 64.1 cm³/mol. The fraction of sp³-hybridized carbons (Fsp3) is 0.462. The quantitative estimate of drug-likeness (QED) is 0.848. The van der Waals surface area contributed by atoms with Crippen LogP contribution in [0.4, 0.5) is 5.69 Å². The van der Waals surface area contributed by atoms with Crippen LogP contribution in [0.15, 0.2) is 18.2 Å². The molecule has 1 aliphatic heterocycles. The average Bonchev–Trinajstić information content (AvgIpc) is 2.55. The highest BCUT2D eigenvalue weighted by Gasteiger charge is 2.27. The maximum atomic E-state index is 10.6. The van der Waals surface area contributed by atoms with Gasteiger partial charge in [0.05, 0.1) is 0 Å². The van der Waals surface area contributed by atoms with Gasteiger partial charge in [-0.25, -0.2) is 0 Å². The number of hydrogen-bond donors (Lipinski definition) is 1. The van der Waals surface area contributed by atoms with Gasteiger partial charge in [0.25, 0.3) is 0 Å². The van der Waals surface area contributed by atoms with Crippen LogP contribution in [0.2, 0.25) is 0 Å². The summed E-state index contributed by atoms with van der Waals surface area (Å²) in [4.78, 5) is 12.8. The number of likely N-dealkylation sites (N-methyl/N-ethyl adjacent to an activating group) is 1. The lowest BCUT2D eigenvalue weighted by Crippen LogP contribution is -2.15. The van der Waals surface area contributed by atoms with Crippen LogP contribution in [0.25, 0.3) is 0 Å². The van der Waals surface area contributed by atoms with Crippen LogP contribution in [-0.4, -0.2) is 24.7 Å². The van der Waals surface area contributed by atoms with Crippen molar-refractivity contribution in [2.75, 3.05) is 18.5 Å². The molecule has 2 rings (SSSR count). The molecule has 0 spiro atoms. The van der Waals surface area contributed by atoms with E-state index in [0.717, 1.165) is 13.0 Å². The van der Waals surface area contributed by atoms with E-state index < -0.39 is 5.97 Å². The standard InChI is InChI=1S/C13H17NO2/c1-9-4-3-5-11-13(9)10(8-14(11)2)6-7-12(15)16/h3-5,10H,6-8H2,1-2H3,(H,15,16). The van der Waals surface area contributed by atoms with Gasteiger partial charge in [0.1, 0.15) is 0 Å². The lowest BCUT2D eigenvalue weighted by Gasteiger charge is -2.11. The van der Waals surface area contributed by atoms with Crippen LogP contribution >= 0.6 is 0 Å². The lowest BCUT2D eigenvalue weighted by atomic mass is 9.93. The van der Waals surface area contributed by atoms with Crippen molar-refractivity contribution in [3.63, 3.8) is 0 Å². The summed E-state index contributed by atoms with van der Waals surface area (Å²) in [6, 6.07) is 6.28. The molecule has 16 heavy (non-hydrogen) atoms. The van der Waals surface area contributed by atoms with Crippen molar-refractivity contribution in [1.82, 2.24) is 0 Å². The van der Waals surface area contributed by atoms with Gasteiger partial charge < -0.3 is 10.0 Å². The maximum absolute atomic E-state index is 10.6. The second-order valence-corrected chi connectivity index (χ2v) is 4.52. The van der Waals surface area contributed by atoms with Gasteiger partial charge >= 0.3 is 5.97 Å². The number of carboxylic acids is 1. The Balaban J connectivity index is 2.24. The molecule has 1 aromatic carbocycles. The second-order valence-electron chi connectivity index (χ2n) is 4.52. The van der Waals surface area contributed by atoms with Crippen LogP contribution < -0.4 is 4.90 Å². The molecule has 0 fully saturated rings. The van der Waals surface area contributed by atoms with Crippen LogP contribution in [0.5, 0.6) is 0 Å². The molecule has 0 aromatic heterocycles. The zero-order chi connectivity index (χ0) is 11.7. The molecular formula is C13H17NO2. The minimum Gasteiger partial charge on any atom is -0.481 e. The summed E-state index contributed by atoms with van der Waals surface area (Å²) in [6.07, 6.45) is 0.990. The van der Waals surface area contributed by atoms with E-state index in [0.29, 0.717) is 5.92 Å². The van der Waals surface area contributed by atoms with Crippen LogP contribution in [0.3, 0.4) is 0 Å². The Kier molecular flexibility index (Phi) is 2.86. The molecule has 0 bridgehead atoms. The Morgan fingerprint density at radius 3 is 3.00 bits per heavy atom. The molecule has 1 unspecified atom stereocenters. The fourth-order valence-corrected chi connectivity index (χ4v) is 2.58. The lowest BCUT2D eigenvalue weighted by molar-refractivity contribution is -0.137. The van der Waals surface area contributed by atoms with Gasteiger partial charge in [0.15, 0.2) is 0 Å². The molecule has 1 aliphatic rings. The number of anilines is 1. The Hall–Kier alpha value is -1.51. The largest absolute Gasteiger partial charge is 0.481 e. The summed E-state index contributed by atoms with van der Waals surface area (Å²) in [5.74, 6) is -0.331. The van der Waals surface area contributed by atoms with Crippen LogP contribution in [-0.2, 0) is 4.79 Å². The molecule has 0 amide bonds. The minimum atomic E-state index is -0.704. The smallest absolute Gasteiger partial charge is 0.303 e. The topological polar surface area (TPSA) is 40.5 Å². The Morgan fingerprint density at radius 1 is 1.56 bits per heavy atom. The predicted octanol–water partition coefficient (Wildman–Crippen LogP) is 2.39. The number of nitrogens with zero attached hydrogens (tertiary/aromatic N) is 1. The van der Waals surface area contributed by atoms with Crippen LogP contribution in [0, 0.1) is 6.92 Å². The van der Waals surface area contributed by atoms with Crippen molar-refractivity contribution in [3.8, 4) is 0 Å². The number of carbonyl (C=O) groups is 1.